The van der Waals surface area contributed by atoms with E-state index in [1.54, 1.807) is 12.3 Å². The fraction of sp³-hybridized carbons (Fsp3) is 0.545. The smallest absolute Gasteiger partial charge is 0.144 e. The van der Waals surface area contributed by atoms with E-state index in [1.165, 1.54) is 6.20 Å². The fourth-order valence-electron chi connectivity index (χ4n) is 1.20. The van der Waals surface area contributed by atoms with E-state index < -0.39 is 0 Å². The van der Waals surface area contributed by atoms with Gasteiger partial charge in [-0.1, -0.05) is 27.7 Å². The maximum Gasteiger partial charge on any atom is 0.144 e. The summed E-state index contributed by atoms with van der Waals surface area (Å²) in [6.07, 6.45) is 2.91. The van der Waals surface area contributed by atoms with Gasteiger partial charge in [0.25, 0.3) is 0 Å². The summed E-state index contributed by atoms with van der Waals surface area (Å²) in [5.74, 6) is 0.000394. The molecular weight excluding hydrogens is 165 g/mol. The summed E-state index contributed by atoms with van der Waals surface area (Å²) in [7, 11) is 0. The number of pyridine rings is 1. The molecule has 0 saturated heterocycles. The zero-order chi connectivity index (χ0) is 10.1. The van der Waals surface area contributed by atoms with Crippen LogP contribution in [-0.4, -0.2) is 4.98 Å². The summed E-state index contributed by atoms with van der Waals surface area (Å²) in [6, 6.07) is 1.76. The number of nitrogens with zero attached hydrogens (tertiary/aromatic N) is 1. The Balaban J connectivity index is 3.02. The first-order valence-electron chi connectivity index (χ1n) is 4.52. The monoisotopic (exact) mass is 181 g/mol. The molecule has 72 valence electrons. The first-order chi connectivity index (χ1) is 5.93. The van der Waals surface area contributed by atoms with E-state index >= 15 is 0 Å². The average molecular weight is 181 g/mol. The Labute approximate surface area is 79.0 Å². The highest BCUT2D eigenvalue weighted by Gasteiger charge is 2.23. The largest absolute Gasteiger partial charge is 0.262 e. The SMILES string of the molecule is C[C@H](c1ccncc1F)C(C)(C)C. The van der Waals surface area contributed by atoms with Gasteiger partial charge in [-0.3, -0.25) is 4.98 Å². The van der Waals surface area contributed by atoms with Gasteiger partial charge in [-0.25, -0.2) is 4.39 Å². The Hall–Kier alpha value is -0.920. The molecule has 0 saturated carbocycles. The molecule has 0 amide bonds. The normalized spacial score (nSPS) is 14.2. The molecule has 0 spiro atoms. The quantitative estimate of drug-likeness (QED) is 0.647. The molecule has 0 bridgehead atoms. The van der Waals surface area contributed by atoms with Crippen LogP contribution in [0.25, 0.3) is 0 Å². The second kappa shape index (κ2) is 3.44. The van der Waals surface area contributed by atoms with Gasteiger partial charge in [0.1, 0.15) is 5.82 Å². The lowest BCUT2D eigenvalue weighted by Gasteiger charge is -2.27. The van der Waals surface area contributed by atoms with Gasteiger partial charge >= 0.3 is 0 Å². The van der Waals surface area contributed by atoms with Gasteiger partial charge in [-0.2, -0.15) is 0 Å². The van der Waals surface area contributed by atoms with Crippen LogP contribution in [0.4, 0.5) is 4.39 Å². The molecule has 0 aliphatic heterocycles. The summed E-state index contributed by atoms with van der Waals surface area (Å²) in [6.45, 7) is 8.37. The molecule has 2 heteroatoms. The van der Waals surface area contributed by atoms with E-state index in [2.05, 4.69) is 25.8 Å². The van der Waals surface area contributed by atoms with Gasteiger partial charge in [0.15, 0.2) is 0 Å². The lowest BCUT2D eigenvalue weighted by molar-refractivity contribution is 0.331. The maximum atomic E-state index is 13.3. The second-order valence-electron chi connectivity index (χ2n) is 4.48. The van der Waals surface area contributed by atoms with E-state index in [4.69, 9.17) is 0 Å². The van der Waals surface area contributed by atoms with Gasteiger partial charge in [0.05, 0.1) is 6.20 Å². The molecule has 1 aromatic rings. The topological polar surface area (TPSA) is 12.9 Å². The van der Waals surface area contributed by atoms with Crippen molar-refractivity contribution in [2.24, 2.45) is 5.41 Å². The van der Waals surface area contributed by atoms with Crippen molar-refractivity contribution < 1.29 is 4.39 Å². The summed E-state index contributed by atoms with van der Waals surface area (Å²) < 4.78 is 13.3. The third-order valence-corrected chi connectivity index (χ3v) is 2.57. The van der Waals surface area contributed by atoms with Crippen molar-refractivity contribution in [1.29, 1.82) is 0 Å². The molecule has 0 unspecified atom stereocenters. The van der Waals surface area contributed by atoms with Crippen LogP contribution in [0.3, 0.4) is 0 Å². The molecule has 0 aliphatic rings. The van der Waals surface area contributed by atoms with Crippen molar-refractivity contribution in [2.75, 3.05) is 0 Å². The van der Waals surface area contributed by atoms with Crippen molar-refractivity contribution in [1.82, 2.24) is 4.98 Å². The predicted molar refractivity (Wildman–Crippen MR) is 52.1 cm³/mol. The average Bonchev–Trinajstić information content (AvgIpc) is 2.02. The lowest BCUT2D eigenvalue weighted by Crippen LogP contribution is -2.16. The van der Waals surface area contributed by atoms with Crippen molar-refractivity contribution in [3.05, 3.63) is 29.8 Å². The molecule has 0 radical (unpaired) electrons. The maximum absolute atomic E-state index is 13.3. The highest BCUT2D eigenvalue weighted by Crippen LogP contribution is 2.35. The van der Waals surface area contributed by atoms with Gasteiger partial charge < -0.3 is 0 Å². The van der Waals surface area contributed by atoms with E-state index in [0.29, 0.717) is 0 Å². The number of rotatable bonds is 1. The predicted octanol–water partition coefficient (Wildman–Crippen LogP) is 3.37. The van der Waals surface area contributed by atoms with Crippen molar-refractivity contribution >= 4 is 0 Å². The van der Waals surface area contributed by atoms with E-state index in [0.717, 1.165) is 5.56 Å². The molecule has 13 heavy (non-hydrogen) atoms. The second-order valence-corrected chi connectivity index (χ2v) is 4.48. The van der Waals surface area contributed by atoms with Crippen molar-refractivity contribution in [3.8, 4) is 0 Å². The molecule has 1 heterocycles. The zero-order valence-corrected chi connectivity index (χ0v) is 8.63. The summed E-state index contributed by atoms with van der Waals surface area (Å²) in [5, 5.41) is 0. The number of aromatic nitrogens is 1. The summed E-state index contributed by atoms with van der Waals surface area (Å²) in [4.78, 5) is 3.73. The molecule has 0 aromatic carbocycles. The highest BCUT2D eigenvalue weighted by atomic mass is 19.1. The Morgan fingerprint density at radius 1 is 1.38 bits per heavy atom. The number of halogens is 1. The minimum Gasteiger partial charge on any atom is -0.262 e. The van der Waals surface area contributed by atoms with Gasteiger partial charge in [0.2, 0.25) is 0 Å². The molecule has 0 aliphatic carbocycles. The first kappa shape index (κ1) is 10.2. The number of hydrogen-bond donors (Lipinski definition) is 0. The van der Waals surface area contributed by atoms with Crippen molar-refractivity contribution in [3.63, 3.8) is 0 Å². The molecular formula is C11H16FN. The molecule has 1 nitrogen and oxygen atoms in total. The summed E-state index contributed by atoms with van der Waals surface area (Å²) in [5.41, 5.74) is 0.838. The van der Waals surface area contributed by atoms with Crippen LogP contribution < -0.4 is 0 Å². The van der Waals surface area contributed by atoms with Crippen molar-refractivity contribution in [2.45, 2.75) is 33.6 Å². The zero-order valence-electron chi connectivity index (χ0n) is 8.63. The van der Waals surface area contributed by atoms with Gasteiger partial charge in [-0.05, 0) is 23.0 Å². The van der Waals surface area contributed by atoms with Crippen LogP contribution in [0.2, 0.25) is 0 Å². The first-order valence-corrected chi connectivity index (χ1v) is 4.52. The van der Waals surface area contributed by atoms with Gasteiger partial charge in [0, 0.05) is 6.20 Å². The number of hydrogen-bond acceptors (Lipinski definition) is 1. The third-order valence-electron chi connectivity index (χ3n) is 2.57. The Morgan fingerprint density at radius 3 is 2.46 bits per heavy atom. The highest BCUT2D eigenvalue weighted by molar-refractivity contribution is 5.19. The molecule has 1 aromatic heterocycles. The van der Waals surface area contributed by atoms with Crippen LogP contribution in [0, 0.1) is 11.2 Å². The Kier molecular flexibility index (Phi) is 2.69. The molecule has 1 atom stereocenters. The Bertz CT molecular complexity index is 288. The van der Waals surface area contributed by atoms with E-state index in [-0.39, 0.29) is 17.2 Å². The lowest BCUT2D eigenvalue weighted by atomic mass is 9.78. The minimum absolute atomic E-state index is 0.0855. The molecule has 0 N–H and O–H groups in total. The van der Waals surface area contributed by atoms with Crippen LogP contribution in [0.15, 0.2) is 18.5 Å². The molecule has 0 fully saturated rings. The van der Waals surface area contributed by atoms with Gasteiger partial charge in [-0.15, -0.1) is 0 Å². The fourth-order valence-corrected chi connectivity index (χ4v) is 1.20. The van der Waals surface area contributed by atoms with Crippen LogP contribution in [0.1, 0.15) is 39.2 Å². The molecule has 1 rings (SSSR count). The Morgan fingerprint density at radius 2 is 2.00 bits per heavy atom. The minimum atomic E-state index is -0.204. The van der Waals surface area contributed by atoms with E-state index in [1.807, 2.05) is 6.92 Å². The van der Waals surface area contributed by atoms with Crippen LogP contribution in [-0.2, 0) is 0 Å². The van der Waals surface area contributed by atoms with E-state index in [9.17, 15) is 4.39 Å². The van der Waals surface area contributed by atoms with Crippen LogP contribution >= 0.6 is 0 Å². The summed E-state index contributed by atoms with van der Waals surface area (Å²) >= 11 is 0. The standard InChI is InChI=1S/C11H16FN/c1-8(11(2,3)4)9-5-6-13-7-10(9)12/h5-8H,1-4H3/t8-/m1/s1. The van der Waals surface area contributed by atoms with Crippen LogP contribution in [0.5, 0.6) is 0 Å². The third kappa shape index (κ3) is 2.27.